The Labute approximate surface area is 97.8 Å². The fraction of sp³-hybridized carbons (Fsp3) is 0.462. The van der Waals surface area contributed by atoms with Gasteiger partial charge in [0.15, 0.2) is 0 Å². The molecule has 3 nitrogen and oxygen atoms in total. The lowest BCUT2D eigenvalue weighted by molar-refractivity contribution is 0.958. The highest BCUT2D eigenvalue weighted by atomic mass is 15.0. The smallest absolute Gasteiger partial charge is 0.0933 e. The van der Waals surface area contributed by atoms with E-state index >= 15 is 0 Å². The van der Waals surface area contributed by atoms with E-state index in [2.05, 4.69) is 41.5 Å². The average molecular weight is 219 g/mol. The van der Waals surface area contributed by atoms with Crippen LogP contribution in [-0.2, 0) is 6.42 Å². The number of benzene rings is 1. The molecule has 0 atom stereocenters. The van der Waals surface area contributed by atoms with Gasteiger partial charge in [0.1, 0.15) is 0 Å². The largest absolute Gasteiger partial charge is 0.372 e. The van der Waals surface area contributed by atoms with Crippen LogP contribution in [0.25, 0.3) is 0 Å². The molecule has 0 spiro atoms. The second-order valence-electron chi connectivity index (χ2n) is 3.92. The van der Waals surface area contributed by atoms with Crippen molar-refractivity contribution >= 4 is 5.84 Å². The van der Waals surface area contributed by atoms with Crippen LogP contribution in [0.1, 0.15) is 18.1 Å². The van der Waals surface area contributed by atoms with E-state index in [9.17, 15) is 0 Å². The van der Waals surface area contributed by atoms with Crippen molar-refractivity contribution in [3.63, 3.8) is 0 Å². The second kappa shape index (κ2) is 7.01. The normalized spacial score (nSPS) is 13.6. The van der Waals surface area contributed by atoms with Gasteiger partial charge >= 0.3 is 0 Å². The first-order chi connectivity index (χ1) is 7.72. The van der Waals surface area contributed by atoms with Crippen molar-refractivity contribution in [2.45, 2.75) is 20.3 Å². The number of aliphatic imine (C=N–C) groups is 1. The predicted octanol–water partition coefficient (Wildman–Crippen LogP) is 1.50. The van der Waals surface area contributed by atoms with Crippen LogP contribution in [0, 0.1) is 6.92 Å². The van der Waals surface area contributed by atoms with Crippen molar-refractivity contribution in [1.29, 1.82) is 0 Å². The van der Waals surface area contributed by atoms with Gasteiger partial charge in [-0.2, -0.15) is 0 Å². The van der Waals surface area contributed by atoms with Gasteiger partial charge in [0.25, 0.3) is 0 Å². The minimum absolute atomic E-state index is 0.739. The van der Waals surface area contributed by atoms with Crippen molar-refractivity contribution in [2.75, 3.05) is 19.6 Å². The van der Waals surface area contributed by atoms with Gasteiger partial charge in [0.05, 0.1) is 12.4 Å². The number of nitrogens with two attached hydrogens (primary N) is 1. The fourth-order valence-electron chi connectivity index (χ4n) is 1.44. The summed E-state index contributed by atoms with van der Waals surface area (Å²) >= 11 is 0. The quantitative estimate of drug-likeness (QED) is 0.792. The molecule has 2 rings (SSSR count). The summed E-state index contributed by atoms with van der Waals surface area (Å²) < 4.78 is 0. The number of hydrogen-bond donors (Lipinski definition) is 2. The Morgan fingerprint density at radius 3 is 2.31 bits per heavy atom. The molecule has 0 aromatic heterocycles. The summed E-state index contributed by atoms with van der Waals surface area (Å²) in [6.07, 6.45) is 0.986. The van der Waals surface area contributed by atoms with Crippen LogP contribution in [0.5, 0.6) is 0 Å². The summed E-state index contributed by atoms with van der Waals surface area (Å²) in [4.78, 5) is 4.04. The molecule has 0 saturated carbocycles. The van der Waals surface area contributed by atoms with E-state index in [1.165, 1.54) is 11.1 Å². The summed E-state index contributed by atoms with van der Waals surface area (Å²) in [5.41, 5.74) is 8.03. The molecule has 1 heterocycles. The Hall–Kier alpha value is -1.35. The Balaban J connectivity index is 0.000000181. The Bertz CT molecular complexity index is 328. The number of aryl methyl sites for hydroxylation is 1. The molecule has 16 heavy (non-hydrogen) atoms. The van der Waals surface area contributed by atoms with E-state index in [-0.39, 0.29) is 0 Å². The van der Waals surface area contributed by atoms with E-state index in [0.717, 1.165) is 31.9 Å². The van der Waals surface area contributed by atoms with Crippen molar-refractivity contribution < 1.29 is 0 Å². The topological polar surface area (TPSA) is 50.4 Å². The van der Waals surface area contributed by atoms with Gasteiger partial charge in [-0.25, -0.2) is 0 Å². The number of nitrogens with zero attached hydrogens (tertiary/aromatic N) is 1. The number of nitrogens with one attached hydrogen (secondary N) is 1. The molecule has 1 aromatic rings. The summed E-state index contributed by atoms with van der Waals surface area (Å²) in [5.74, 6) is 1.08. The molecule has 3 heteroatoms. The molecule has 88 valence electrons. The van der Waals surface area contributed by atoms with Crippen LogP contribution in [0.4, 0.5) is 0 Å². The fourth-order valence-corrected chi connectivity index (χ4v) is 1.44. The monoisotopic (exact) mass is 219 g/mol. The minimum Gasteiger partial charge on any atom is -0.372 e. The molecule has 0 radical (unpaired) electrons. The molecule has 0 saturated heterocycles. The first kappa shape index (κ1) is 12.7. The van der Waals surface area contributed by atoms with Gasteiger partial charge in [0.2, 0.25) is 0 Å². The second-order valence-corrected chi connectivity index (χ2v) is 3.92. The van der Waals surface area contributed by atoms with Gasteiger partial charge in [-0.3, -0.25) is 4.99 Å². The number of rotatable bonds is 2. The standard InChI is InChI=1S/C9H13N.C4H8N2/c1-8-2-4-9(5-3-8)6-7-10;1-4-5-2-3-6-4/h2-5H,6-7,10H2,1H3;2-3H2,1H3,(H,5,6). The van der Waals surface area contributed by atoms with Gasteiger partial charge in [-0.1, -0.05) is 29.8 Å². The zero-order valence-corrected chi connectivity index (χ0v) is 10.2. The maximum atomic E-state index is 5.40. The van der Waals surface area contributed by atoms with Gasteiger partial charge in [0, 0.05) is 6.54 Å². The molecule has 1 aromatic carbocycles. The third-order valence-electron chi connectivity index (χ3n) is 2.40. The lowest BCUT2D eigenvalue weighted by atomic mass is 10.1. The predicted molar refractivity (Wildman–Crippen MR) is 69.9 cm³/mol. The molecular formula is C13H21N3. The first-order valence-electron chi connectivity index (χ1n) is 5.73. The molecule has 1 aliphatic heterocycles. The number of amidine groups is 1. The molecule has 0 unspecified atom stereocenters. The Morgan fingerprint density at radius 1 is 1.25 bits per heavy atom. The zero-order chi connectivity index (χ0) is 11.8. The third kappa shape index (κ3) is 4.94. The van der Waals surface area contributed by atoms with Crippen LogP contribution in [0.15, 0.2) is 29.3 Å². The molecule has 3 N–H and O–H groups in total. The first-order valence-corrected chi connectivity index (χ1v) is 5.73. The lowest BCUT2D eigenvalue weighted by Crippen LogP contribution is -2.13. The summed E-state index contributed by atoms with van der Waals surface area (Å²) in [6, 6.07) is 8.49. The van der Waals surface area contributed by atoms with Crippen LogP contribution >= 0.6 is 0 Å². The minimum atomic E-state index is 0.739. The third-order valence-corrected chi connectivity index (χ3v) is 2.40. The highest BCUT2D eigenvalue weighted by Crippen LogP contribution is 2.02. The molecule has 0 fully saturated rings. The van der Waals surface area contributed by atoms with E-state index in [1.54, 1.807) is 0 Å². The highest BCUT2D eigenvalue weighted by molar-refractivity contribution is 5.80. The highest BCUT2D eigenvalue weighted by Gasteiger charge is 1.93. The van der Waals surface area contributed by atoms with E-state index in [4.69, 9.17) is 5.73 Å². The van der Waals surface area contributed by atoms with Crippen molar-refractivity contribution in [3.8, 4) is 0 Å². The van der Waals surface area contributed by atoms with Crippen molar-refractivity contribution in [1.82, 2.24) is 5.32 Å². The molecule has 0 amide bonds. The van der Waals surface area contributed by atoms with Crippen LogP contribution in [-0.4, -0.2) is 25.5 Å². The van der Waals surface area contributed by atoms with E-state index in [0.29, 0.717) is 0 Å². The van der Waals surface area contributed by atoms with Crippen molar-refractivity contribution in [3.05, 3.63) is 35.4 Å². The van der Waals surface area contributed by atoms with Gasteiger partial charge in [-0.15, -0.1) is 0 Å². The average Bonchev–Trinajstić information content (AvgIpc) is 2.74. The maximum absolute atomic E-state index is 5.40. The van der Waals surface area contributed by atoms with Gasteiger partial charge in [-0.05, 0) is 32.4 Å². The SMILES string of the molecule is CC1=NCCN1.Cc1ccc(CCN)cc1. The molecular weight excluding hydrogens is 198 g/mol. The maximum Gasteiger partial charge on any atom is 0.0933 e. The molecule has 0 aliphatic carbocycles. The van der Waals surface area contributed by atoms with Crippen molar-refractivity contribution in [2.24, 2.45) is 10.7 Å². The van der Waals surface area contributed by atoms with Crippen LogP contribution in [0.3, 0.4) is 0 Å². The zero-order valence-electron chi connectivity index (χ0n) is 10.2. The van der Waals surface area contributed by atoms with E-state index in [1.807, 2.05) is 6.92 Å². The number of hydrogen-bond acceptors (Lipinski definition) is 3. The van der Waals surface area contributed by atoms with Gasteiger partial charge < -0.3 is 11.1 Å². The Morgan fingerprint density at radius 2 is 1.94 bits per heavy atom. The summed E-state index contributed by atoms with van der Waals surface area (Å²) in [5, 5.41) is 3.07. The van der Waals surface area contributed by atoms with Crippen LogP contribution < -0.4 is 11.1 Å². The molecule has 0 bridgehead atoms. The molecule has 1 aliphatic rings. The van der Waals surface area contributed by atoms with Crippen LogP contribution in [0.2, 0.25) is 0 Å². The summed E-state index contributed by atoms with van der Waals surface area (Å²) in [7, 11) is 0. The Kier molecular flexibility index (Phi) is 5.57. The lowest BCUT2D eigenvalue weighted by Gasteiger charge is -1.97. The summed E-state index contributed by atoms with van der Waals surface area (Å²) in [6.45, 7) is 6.81. The van der Waals surface area contributed by atoms with E-state index < -0.39 is 0 Å².